The van der Waals surface area contributed by atoms with Crippen LogP contribution in [0.3, 0.4) is 0 Å². The van der Waals surface area contributed by atoms with E-state index in [2.05, 4.69) is 20.9 Å². The minimum absolute atomic E-state index is 0.00179. The quantitative estimate of drug-likeness (QED) is 0.411. The number of aliphatic hydroxyl groups is 1. The molecule has 12 nitrogen and oxygen atoms in total. The number of nitrogens with two attached hydrogens (primary N) is 1. The van der Waals surface area contributed by atoms with Gasteiger partial charge in [0.2, 0.25) is 0 Å². The van der Waals surface area contributed by atoms with Gasteiger partial charge in [0, 0.05) is 57.4 Å². The molecule has 2 amide bonds. The number of aromatic nitrogens is 4. The Morgan fingerprint density at radius 1 is 1.19 bits per heavy atom. The van der Waals surface area contributed by atoms with E-state index in [9.17, 15) is 9.90 Å². The van der Waals surface area contributed by atoms with Crippen molar-refractivity contribution in [3.05, 3.63) is 53.2 Å². The number of aryl methyl sites for hydroxylation is 1. The van der Waals surface area contributed by atoms with Gasteiger partial charge in [-0.3, -0.25) is 9.88 Å². The average Bonchev–Trinajstić information content (AvgIpc) is 3.50. The standard InChI is InChI=1S/C30H36N8O4S/c1-18-28(43-23-5-9-33-27-24(23)42-17-19-15-37(12-13-41-2)29(40)38(19)27)35-22(16-39)26(34-18)36-10-6-30(7-11-36)14-21-20(25(30)31)4-3-8-32-21/h3-5,8-9,19,25,39H,6-7,10-17,31H2,1-2H3/t19?,25-/m1/s1. The van der Waals surface area contributed by atoms with E-state index in [-0.39, 0.29) is 30.1 Å². The third kappa shape index (κ3) is 4.78. The minimum atomic E-state index is -0.223. The number of methoxy groups -OCH3 is 1. The Labute approximate surface area is 254 Å². The lowest BCUT2D eigenvalue weighted by molar-refractivity contribution is 0.160. The number of nitrogens with zero attached hydrogens (tertiary/aromatic N) is 7. The van der Waals surface area contributed by atoms with Gasteiger partial charge in [-0.1, -0.05) is 17.8 Å². The van der Waals surface area contributed by atoms with E-state index in [0.29, 0.717) is 48.6 Å². The lowest BCUT2D eigenvalue weighted by Gasteiger charge is -2.42. The molecule has 2 saturated heterocycles. The first-order valence-electron chi connectivity index (χ1n) is 14.7. The summed E-state index contributed by atoms with van der Waals surface area (Å²) in [7, 11) is 1.63. The summed E-state index contributed by atoms with van der Waals surface area (Å²) in [6, 6.07) is 5.73. The lowest BCUT2D eigenvalue weighted by atomic mass is 9.73. The van der Waals surface area contributed by atoms with Crippen molar-refractivity contribution in [1.29, 1.82) is 0 Å². The van der Waals surface area contributed by atoms with Gasteiger partial charge < -0.3 is 30.1 Å². The maximum atomic E-state index is 13.2. The molecule has 0 radical (unpaired) electrons. The van der Waals surface area contributed by atoms with Gasteiger partial charge in [0.25, 0.3) is 0 Å². The van der Waals surface area contributed by atoms with Crippen molar-refractivity contribution in [2.45, 2.75) is 54.8 Å². The van der Waals surface area contributed by atoms with Gasteiger partial charge in [-0.2, -0.15) is 0 Å². The molecule has 0 bridgehead atoms. The van der Waals surface area contributed by atoms with Crippen LogP contribution in [-0.4, -0.2) is 88.5 Å². The number of carbonyl (C=O) groups excluding carboxylic acids is 1. The first-order chi connectivity index (χ1) is 20.9. The van der Waals surface area contributed by atoms with E-state index in [1.807, 2.05) is 25.3 Å². The predicted octanol–water partition coefficient (Wildman–Crippen LogP) is 2.71. The van der Waals surface area contributed by atoms with E-state index < -0.39 is 0 Å². The van der Waals surface area contributed by atoms with Gasteiger partial charge in [0.15, 0.2) is 17.4 Å². The predicted molar refractivity (Wildman–Crippen MR) is 160 cm³/mol. The van der Waals surface area contributed by atoms with Crippen molar-refractivity contribution in [2.24, 2.45) is 11.1 Å². The van der Waals surface area contributed by atoms with Crippen molar-refractivity contribution in [3.8, 4) is 5.75 Å². The zero-order chi connectivity index (χ0) is 29.7. The Bertz CT molecular complexity index is 1550. The van der Waals surface area contributed by atoms with E-state index in [4.69, 9.17) is 25.2 Å². The molecule has 7 rings (SSSR count). The van der Waals surface area contributed by atoms with Crippen LogP contribution >= 0.6 is 11.8 Å². The molecule has 3 aromatic rings. The number of anilines is 2. The molecule has 3 aliphatic heterocycles. The molecule has 1 aliphatic carbocycles. The minimum Gasteiger partial charge on any atom is -0.486 e. The molecule has 3 N–H and O–H groups in total. The maximum absolute atomic E-state index is 13.2. The smallest absolute Gasteiger partial charge is 0.326 e. The van der Waals surface area contributed by atoms with Crippen molar-refractivity contribution in [3.63, 3.8) is 0 Å². The summed E-state index contributed by atoms with van der Waals surface area (Å²) in [6.45, 7) is 5.23. The van der Waals surface area contributed by atoms with Crippen molar-refractivity contribution in [1.82, 2.24) is 24.8 Å². The van der Waals surface area contributed by atoms with Crippen LogP contribution in [0.4, 0.5) is 16.4 Å². The summed E-state index contributed by atoms with van der Waals surface area (Å²) >= 11 is 1.41. The number of rotatable bonds is 7. The molecule has 2 fully saturated rings. The first-order valence-corrected chi connectivity index (χ1v) is 15.5. The van der Waals surface area contributed by atoms with Gasteiger partial charge in [-0.05, 0) is 49.3 Å². The van der Waals surface area contributed by atoms with Crippen molar-refractivity contribution in [2.75, 3.05) is 56.3 Å². The molecular formula is C30H36N8O4S. The van der Waals surface area contributed by atoms with Crippen molar-refractivity contribution >= 4 is 29.4 Å². The molecule has 2 atom stereocenters. The molecule has 6 heterocycles. The van der Waals surface area contributed by atoms with Crippen LogP contribution in [-0.2, 0) is 17.8 Å². The Morgan fingerprint density at radius 2 is 2.02 bits per heavy atom. The van der Waals surface area contributed by atoms with Gasteiger partial charge in [-0.25, -0.2) is 19.7 Å². The summed E-state index contributed by atoms with van der Waals surface area (Å²) in [6.07, 6.45) is 6.28. The van der Waals surface area contributed by atoms with Crippen LogP contribution in [0.15, 0.2) is 40.5 Å². The second-order valence-corrected chi connectivity index (χ2v) is 12.7. The first kappa shape index (κ1) is 28.3. The fraction of sp³-hybridized carbons (Fsp3) is 0.500. The highest BCUT2D eigenvalue weighted by Crippen LogP contribution is 2.51. The molecule has 1 unspecified atom stereocenters. The van der Waals surface area contributed by atoms with Crippen LogP contribution in [0.5, 0.6) is 5.75 Å². The van der Waals surface area contributed by atoms with Crippen LogP contribution in [0.25, 0.3) is 0 Å². The SMILES string of the molecule is COCCN1CC2COc3c(Sc4nc(CO)c(N5CCC6(CC5)Cc5ncccc5[C@H]6N)nc4C)ccnc3N2C1=O. The molecule has 43 heavy (non-hydrogen) atoms. The molecule has 4 aliphatic rings. The molecule has 0 aromatic carbocycles. The number of fused-ring (bicyclic) bond motifs is 4. The van der Waals surface area contributed by atoms with E-state index >= 15 is 0 Å². The number of hydrogen-bond donors (Lipinski definition) is 2. The Kier molecular flexibility index (Phi) is 7.36. The van der Waals surface area contributed by atoms with Crippen LogP contribution in [0.1, 0.15) is 41.5 Å². The molecule has 13 heteroatoms. The van der Waals surface area contributed by atoms with Gasteiger partial charge in [0.05, 0.1) is 29.8 Å². The monoisotopic (exact) mass is 604 g/mol. The Balaban J connectivity index is 1.10. The van der Waals surface area contributed by atoms with E-state index in [0.717, 1.165) is 54.5 Å². The molecule has 0 saturated carbocycles. The summed E-state index contributed by atoms with van der Waals surface area (Å²) in [5, 5.41) is 11.0. The topological polar surface area (TPSA) is 143 Å². The third-order valence-corrected chi connectivity index (χ3v) is 10.4. The van der Waals surface area contributed by atoms with Gasteiger partial charge in [-0.15, -0.1) is 0 Å². The zero-order valence-corrected chi connectivity index (χ0v) is 25.2. The highest BCUT2D eigenvalue weighted by atomic mass is 32.2. The largest absolute Gasteiger partial charge is 0.486 e. The number of hydrogen-bond acceptors (Lipinski definition) is 11. The van der Waals surface area contributed by atoms with E-state index in [1.54, 1.807) is 23.1 Å². The number of urea groups is 1. The zero-order valence-electron chi connectivity index (χ0n) is 24.4. The highest BCUT2D eigenvalue weighted by Gasteiger charge is 2.47. The number of carbonyl (C=O) groups is 1. The Morgan fingerprint density at radius 3 is 2.79 bits per heavy atom. The molecule has 3 aromatic heterocycles. The van der Waals surface area contributed by atoms with Crippen LogP contribution < -0.4 is 20.3 Å². The highest BCUT2D eigenvalue weighted by molar-refractivity contribution is 7.99. The molecule has 226 valence electrons. The third-order valence-electron chi connectivity index (χ3n) is 9.27. The lowest BCUT2D eigenvalue weighted by Crippen LogP contribution is -2.45. The summed E-state index contributed by atoms with van der Waals surface area (Å²) in [5.74, 6) is 1.79. The normalized spacial score (nSPS) is 22.0. The maximum Gasteiger partial charge on any atom is 0.326 e. The number of aliphatic hydroxyl groups excluding tert-OH is 1. The fourth-order valence-corrected chi connectivity index (χ4v) is 7.81. The second kappa shape index (κ2) is 11.2. The van der Waals surface area contributed by atoms with Gasteiger partial charge in [0.1, 0.15) is 17.3 Å². The summed E-state index contributed by atoms with van der Waals surface area (Å²) in [5.41, 5.74) is 10.3. The summed E-state index contributed by atoms with van der Waals surface area (Å²) < 4.78 is 11.4. The average molecular weight is 605 g/mol. The number of pyridine rings is 2. The van der Waals surface area contributed by atoms with Gasteiger partial charge >= 0.3 is 6.03 Å². The fourth-order valence-electron chi connectivity index (χ4n) is 6.88. The van der Waals surface area contributed by atoms with Crippen LogP contribution in [0.2, 0.25) is 0 Å². The van der Waals surface area contributed by atoms with Crippen molar-refractivity contribution < 1.29 is 19.4 Å². The number of ether oxygens (including phenoxy) is 2. The molecule has 1 spiro atoms. The van der Waals surface area contributed by atoms with Crippen LogP contribution in [0, 0.1) is 12.3 Å². The van der Waals surface area contributed by atoms with E-state index in [1.165, 1.54) is 17.3 Å². The second-order valence-electron chi connectivity index (χ2n) is 11.7. The Hall–Kier alpha value is -3.52. The number of piperidine rings is 1. The molecular weight excluding hydrogens is 568 g/mol. The number of amides is 2. The summed E-state index contributed by atoms with van der Waals surface area (Å²) in [4.78, 5) is 38.6.